The highest BCUT2D eigenvalue weighted by Gasteiger charge is 2.21. The molecule has 1 atom stereocenters. The Hall–Kier alpha value is -2.87. The third-order valence-electron chi connectivity index (χ3n) is 3.47. The highest BCUT2D eigenvalue weighted by atomic mass is 32.1. The highest BCUT2D eigenvalue weighted by molar-refractivity contribution is 7.13. The van der Waals surface area contributed by atoms with Crippen LogP contribution < -0.4 is 15.4 Å². The first-order valence-corrected chi connectivity index (χ1v) is 8.13. The van der Waals surface area contributed by atoms with Gasteiger partial charge in [-0.2, -0.15) is 0 Å². The molecule has 2 N–H and O–H groups in total. The van der Waals surface area contributed by atoms with Crippen molar-refractivity contribution in [2.24, 2.45) is 7.05 Å². The van der Waals surface area contributed by atoms with E-state index in [2.05, 4.69) is 20.6 Å². The first-order chi connectivity index (χ1) is 11.7. The van der Waals surface area contributed by atoms with Crippen molar-refractivity contribution in [1.29, 1.82) is 0 Å². The van der Waals surface area contributed by atoms with E-state index >= 15 is 0 Å². The predicted molar refractivity (Wildman–Crippen MR) is 92.3 cm³/mol. The molecule has 3 aromatic rings. The number of anilines is 1. The topological polar surface area (TPSA) is 81.1 Å². The maximum absolute atomic E-state index is 12.3. The molecule has 3 rings (SSSR count). The van der Waals surface area contributed by atoms with Crippen molar-refractivity contribution in [3.05, 3.63) is 59.6 Å². The summed E-state index contributed by atoms with van der Waals surface area (Å²) in [4.78, 5) is 20.7. The van der Waals surface area contributed by atoms with Gasteiger partial charge in [-0.25, -0.2) is 14.8 Å². The number of carbonyl (C=O) groups excluding carboxylic acids is 1. The highest BCUT2D eigenvalue weighted by Crippen LogP contribution is 2.24. The van der Waals surface area contributed by atoms with Crippen molar-refractivity contribution in [1.82, 2.24) is 19.9 Å². The summed E-state index contributed by atoms with van der Waals surface area (Å²) in [5.74, 6) is 1.44. The Balaban J connectivity index is 1.87. The summed E-state index contributed by atoms with van der Waals surface area (Å²) in [6.45, 7) is 0. The van der Waals surface area contributed by atoms with Crippen molar-refractivity contribution < 1.29 is 9.53 Å². The summed E-state index contributed by atoms with van der Waals surface area (Å²) < 4.78 is 7.15. The third-order valence-corrected chi connectivity index (χ3v) is 4.16. The van der Waals surface area contributed by atoms with Gasteiger partial charge < -0.3 is 14.6 Å². The molecule has 2 heterocycles. The lowest BCUT2D eigenvalue weighted by Crippen LogP contribution is -2.34. The zero-order chi connectivity index (χ0) is 16.9. The Morgan fingerprint density at radius 1 is 1.33 bits per heavy atom. The van der Waals surface area contributed by atoms with Gasteiger partial charge in [0.2, 0.25) is 0 Å². The number of hydrogen-bond acceptors (Lipinski definition) is 5. The number of rotatable bonds is 5. The monoisotopic (exact) mass is 343 g/mol. The minimum atomic E-state index is -0.417. The van der Waals surface area contributed by atoms with Gasteiger partial charge in [0.05, 0.1) is 7.11 Å². The number of amides is 2. The van der Waals surface area contributed by atoms with E-state index in [4.69, 9.17) is 4.74 Å². The molecule has 8 heteroatoms. The molecule has 0 radical (unpaired) electrons. The third kappa shape index (κ3) is 3.54. The molecule has 0 saturated heterocycles. The molecule has 0 saturated carbocycles. The van der Waals surface area contributed by atoms with E-state index in [0.29, 0.717) is 10.9 Å². The van der Waals surface area contributed by atoms with E-state index in [1.807, 2.05) is 42.1 Å². The molecule has 0 aliphatic carbocycles. The SMILES string of the molecule is COc1cccc(C(NC(=O)Nc2nccs2)c2nccn2C)c1. The van der Waals surface area contributed by atoms with Crippen LogP contribution in [0.5, 0.6) is 5.75 Å². The molecule has 0 aliphatic rings. The van der Waals surface area contributed by atoms with E-state index in [1.165, 1.54) is 11.3 Å². The van der Waals surface area contributed by atoms with E-state index in [0.717, 1.165) is 11.4 Å². The van der Waals surface area contributed by atoms with Crippen LogP contribution >= 0.6 is 11.3 Å². The van der Waals surface area contributed by atoms with Gasteiger partial charge in [0.15, 0.2) is 5.13 Å². The Kier molecular flexibility index (Phi) is 4.76. The quantitative estimate of drug-likeness (QED) is 0.746. The minimum Gasteiger partial charge on any atom is -0.497 e. The van der Waals surface area contributed by atoms with Gasteiger partial charge in [0, 0.05) is 31.0 Å². The average molecular weight is 343 g/mol. The van der Waals surface area contributed by atoms with Crippen molar-refractivity contribution in [2.45, 2.75) is 6.04 Å². The maximum atomic E-state index is 12.3. The molecule has 24 heavy (non-hydrogen) atoms. The smallest absolute Gasteiger partial charge is 0.321 e. The lowest BCUT2D eigenvalue weighted by Gasteiger charge is -2.19. The second kappa shape index (κ2) is 7.14. The van der Waals surface area contributed by atoms with Crippen molar-refractivity contribution in [2.75, 3.05) is 12.4 Å². The fourth-order valence-electron chi connectivity index (χ4n) is 2.32. The Bertz CT molecular complexity index is 816. The van der Waals surface area contributed by atoms with E-state index in [1.54, 1.807) is 24.9 Å². The fraction of sp³-hybridized carbons (Fsp3) is 0.188. The van der Waals surface area contributed by atoms with Gasteiger partial charge in [0.1, 0.15) is 17.6 Å². The van der Waals surface area contributed by atoms with Crippen LogP contribution in [-0.4, -0.2) is 27.7 Å². The summed E-state index contributed by atoms with van der Waals surface area (Å²) in [6.07, 6.45) is 5.17. The van der Waals surface area contributed by atoms with Crippen LogP contribution in [0.1, 0.15) is 17.4 Å². The minimum absolute atomic E-state index is 0.347. The van der Waals surface area contributed by atoms with Gasteiger partial charge in [-0.1, -0.05) is 12.1 Å². The molecule has 1 unspecified atom stereocenters. The number of aromatic nitrogens is 3. The lowest BCUT2D eigenvalue weighted by atomic mass is 10.1. The largest absolute Gasteiger partial charge is 0.497 e. The summed E-state index contributed by atoms with van der Waals surface area (Å²) in [5, 5.41) is 8.00. The first kappa shape index (κ1) is 16.0. The maximum Gasteiger partial charge on any atom is 0.321 e. The number of thiazole rings is 1. The van der Waals surface area contributed by atoms with Gasteiger partial charge in [-0.05, 0) is 17.7 Å². The molecular weight excluding hydrogens is 326 g/mol. The van der Waals surface area contributed by atoms with Crippen LogP contribution in [0.3, 0.4) is 0 Å². The number of hydrogen-bond donors (Lipinski definition) is 2. The Labute approximate surface area is 143 Å². The van der Waals surface area contributed by atoms with Crippen LogP contribution in [0.2, 0.25) is 0 Å². The number of nitrogens with one attached hydrogen (secondary N) is 2. The lowest BCUT2D eigenvalue weighted by molar-refractivity contribution is 0.249. The van der Waals surface area contributed by atoms with Crippen molar-refractivity contribution in [3.63, 3.8) is 0 Å². The number of methoxy groups -OCH3 is 1. The van der Waals surface area contributed by atoms with E-state index < -0.39 is 6.04 Å². The number of urea groups is 1. The Morgan fingerprint density at radius 2 is 2.21 bits per heavy atom. The molecule has 0 spiro atoms. The van der Waals surface area contributed by atoms with E-state index in [9.17, 15) is 4.79 Å². The van der Waals surface area contributed by atoms with Crippen molar-refractivity contribution >= 4 is 22.5 Å². The number of carbonyl (C=O) groups is 1. The van der Waals surface area contributed by atoms with E-state index in [-0.39, 0.29) is 6.03 Å². The number of imidazole rings is 1. The van der Waals surface area contributed by atoms with Gasteiger partial charge in [-0.3, -0.25) is 5.32 Å². The molecule has 1 aromatic carbocycles. The number of benzene rings is 1. The van der Waals surface area contributed by atoms with Crippen LogP contribution in [-0.2, 0) is 7.05 Å². The molecule has 124 valence electrons. The summed E-state index contributed by atoms with van der Waals surface area (Å²) in [7, 11) is 3.49. The molecule has 0 aliphatic heterocycles. The molecule has 0 bridgehead atoms. The zero-order valence-electron chi connectivity index (χ0n) is 13.3. The molecule has 0 fully saturated rings. The molecule has 7 nitrogen and oxygen atoms in total. The van der Waals surface area contributed by atoms with Gasteiger partial charge >= 0.3 is 6.03 Å². The average Bonchev–Trinajstić information content (AvgIpc) is 3.24. The number of aryl methyl sites for hydroxylation is 1. The van der Waals surface area contributed by atoms with Crippen LogP contribution in [0.25, 0.3) is 0 Å². The fourth-order valence-corrected chi connectivity index (χ4v) is 2.85. The summed E-state index contributed by atoms with van der Waals surface area (Å²) in [5.41, 5.74) is 0.873. The standard InChI is InChI=1S/C16H17N5O2S/c1-21-8-6-17-14(21)13(11-4-3-5-12(10-11)23-2)19-15(22)20-16-18-7-9-24-16/h3-10,13H,1-2H3,(H2,18,19,20,22). The Morgan fingerprint density at radius 3 is 2.88 bits per heavy atom. The van der Waals surface area contributed by atoms with Crippen LogP contribution in [0.15, 0.2) is 48.2 Å². The first-order valence-electron chi connectivity index (χ1n) is 7.25. The normalized spacial score (nSPS) is 11.8. The number of ether oxygens (including phenoxy) is 1. The predicted octanol–water partition coefficient (Wildman–Crippen LogP) is 2.80. The zero-order valence-corrected chi connectivity index (χ0v) is 14.1. The molecular formula is C16H17N5O2S. The summed E-state index contributed by atoms with van der Waals surface area (Å²) in [6, 6.07) is 6.77. The molecule has 2 amide bonds. The van der Waals surface area contributed by atoms with Crippen LogP contribution in [0, 0.1) is 0 Å². The van der Waals surface area contributed by atoms with Crippen LogP contribution in [0.4, 0.5) is 9.93 Å². The molecule has 2 aromatic heterocycles. The van der Waals surface area contributed by atoms with Gasteiger partial charge in [-0.15, -0.1) is 11.3 Å². The van der Waals surface area contributed by atoms with Gasteiger partial charge in [0.25, 0.3) is 0 Å². The summed E-state index contributed by atoms with van der Waals surface area (Å²) >= 11 is 1.36. The van der Waals surface area contributed by atoms with Crippen molar-refractivity contribution in [3.8, 4) is 5.75 Å². The number of nitrogens with zero attached hydrogens (tertiary/aromatic N) is 3. The second-order valence-corrected chi connectivity index (χ2v) is 5.94. The second-order valence-electron chi connectivity index (χ2n) is 5.04.